The zero-order valence-corrected chi connectivity index (χ0v) is 12.4. The maximum Gasteiger partial charge on any atom is 0.257 e. The molecule has 4 heterocycles. The van der Waals surface area contributed by atoms with Gasteiger partial charge in [0.2, 0.25) is 0 Å². The number of nitrogens with zero attached hydrogens (tertiary/aromatic N) is 3. The first-order valence-electron chi connectivity index (χ1n) is 7.73. The fourth-order valence-corrected chi connectivity index (χ4v) is 3.67. The molecule has 1 amide bonds. The van der Waals surface area contributed by atoms with E-state index in [0.29, 0.717) is 17.4 Å². The number of hydrogen-bond donors (Lipinski definition) is 0. The number of aromatic nitrogens is 1. The molecule has 2 atom stereocenters. The van der Waals surface area contributed by atoms with Crippen LogP contribution in [0.15, 0.2) is 47.4 Å². The maximum atomic E-state index is 12.4. The van der Waals surface area contributed by atoms with Gasteiger partial charge >= 0.3 is 0 Å². The highest BCUT2D eigenvalue weighted by Crippen LogP contribution is 2.32. The molecule has 0 aromatic carbocycles. The van der Waals surface area contributed by atoms with Gasteiger partial charge in [-0.3, -0.25) is 14.7 Å². The zero-order valence-electron chi connectivity index (χ0n) is 12.4. The van der Waals surface area contributed by atoms with Crippen LogP contribution >= 0.6 is 0 Å². The van der Waals surface area contributed by atoms with Crippen LogP contribution in [0.3, 0.4) is 0 Å². The lowest BCUT2D eigenvalue weighted by molar-refractivity contribution is 0.0772. The van der Waals surface area contributed by atoms with Crippen molar-refractivity contribution < 1.29 is 9.21 Å². The average Bonchev–Trinajstić information content (AvgIpc) is 3.23. The molecule has 114 valence electrons. The Morgan fingerprint density at radius 2 is 2.00 bits per heavy atom. The van der Waals surface area contributed by atoms with E-state index in [2.05, 4.69) is 16.0 Å². The van der Waals surface area contributed by atoms with Crippen LogP contribution < -0.4 is 0 Å². The van der Waals surface area contributed by atoms with Gasteiger partial charge in [0.25, 0.3) is 5.91 Å². The molecule has 2 aromatic rings. The number of furan rings is 1. The van der Waals surface area contributed by atoms with E-state index in [-0.39, 0.29) is 5.91 Å². The van der Waals surface area contributed by atoms with Crippen molar-refractivity contribution >= 4 is 5.91 Å². The van der Waals surface area contributed by atoms with E-state index in [1.165, 1.54) is 6.26 Å². The number of likely N-dealkylation sites (tertiary alicyclic amines) is 2. The van der Waals surface area contributed by atoms with Crippen molar-refractivity contribution in [3.05, 3.63) is 54.2 Å². The van der Waals surface area contributed by atoms with E-state index in [4.69, 9.17) is 4.42 Å². The molecule has 2 fully saturated rings. The first-order valence-corrected chi connectivity index (χ1v) is 7.73. The second kappa shape index (κ2) is 5.57. The Balaban J connectivity index is 1.36. The van der Waals surface area contributed by atoms with Gasteiger partial charge in [-0.1, -0.05) is 6.07 Å². The predicted octanol–water partition coefficient (Wildman–Crippen LogP) is 1.88. The number of carbonyl (C=O) groups is 1. The largest absolute Gasteiger partial charge is 0.472 e. The second-order valence-electron chi connectivity index (χ2n) is 6.26. The van der Waals surface area contributed by atoms with Crippen molar-refractivity contribution in [2.45, 2.75) is 6.54 Å². The standard InChI is InChI=1S/C17H19N3O2/c21-17(13-4-6-22-12-13)20-9-14-7-19(8-15(14)10-20)11-16-3-1-2-5-18-16/h1-6,12,14-15H,7-11H2/t14-,15-/m1/s1. The highest BCUT2D eigenvalue weighted by Gasteiger charge is 2.41. The zero-order chi connectivity index (χ0) is 14.9. The molecule has 2 aliphatic rings. The minimum absolute atomic E-state index is 0.0967. The van der Waals surface area contributed by atoms with E-state index in [1.807, 2.05) is 23.2 Å². The summed E-state index contributed by atoms with van der Waals surface area (Å²) in [4.78, 5) is 21.2. The Bertz CT molecular complexity index is 627. The molecule has 5 heteroatoms. The van der Waals surface area contributed by atoms with Gasteiger partial charge in [0.05, 0.1) is 17.5 Å². The van der Waals surface area contributed by atoms with Gasteiger partial charge in [-0.15, -0.1) is 0 Å². The smallest absolute Gasteiger partial charge is 0.257 e. The van der Waals surface area contributed by atoms with E-state index in [0.717, 1.165) is 38.4 Å². The van der Waals surface area contributed by atoms with Crippen LogP contribution in [-0.2, 0) is 6.54 Å². The van der Waals surface area contributed by atoms with Crippen molar-refractivity contribution in [2.24, 2.45) is 11.8 Å². The SMILES string of the molecule is O=C(c1ccoc1)N1C[C@H]2CN(Cc3ccccn3)C[C@@H]2C1. The third-order valence-electron chi connectivity index (χ3n) is 4.73. The lowest BCUT2D eigenvalue weighted by Gasteiger charge is -2.21. The molecule has 5 nitrogen and oxygen atoms in total. The summed E-state index contributed by atoms with van der Waals surface area (Å²) >= 11 is 0. The summed E-state index contributed by atoms with van der Waals surface area (Å²) in [5, 5.41) is 0. The molecule has 4 rings (SSSR count). The highest BCUT2D eigenvalue weighted by molar-refractivity contribution is 5.94. The molecule has 0 spiro atoms. The minimum Gasteiger partial charge on any atom is -0.472 e. The van der Waals surface area contributed by atoms with Crippen molar-refractivity contribution in [1.82, 2.24) is 14.8 Å². The molecule has 0 aliphatic carbocycles. The lowest BCUT2D eigenvalue weighted by Crippen LogP contribution is -2.33. The average molecular weight is 297 g/mol. The van der Waals surface area contributed by atoms with Crippen LogP contribution in [0, 0.1) is 11.8 Å². The Labute approximate surface area is 129 Å². The molecule has 22 heavy (non-hydrogen) atoms. The summed E-state index contributed by atoms with van der Waals surface area (Å²) in [6.45, 7) is 4.72. The number of fused-ring (bicyclic) bond motifs is 1. The number of pyridine rings is 1. The van der Waals surface area contributed by atoms with E-state index < -0.39 is 0 Å². The minimum atomic E-state index is 0.0967. The summed E-state index contributed by atoms with van der Waals surface area (Å²) in [5.74, 6) is 1.26. The number of hydrogen-bond acceptors (Lipinski definition) is 4. The summed E-state index contributed by atoms with van der Waals surface area (Å²) in [6, 6.07) is 7.79. The lowest BCUT2D eigenvalue weighted by atomic mass is 10.0. The van der Waals surface area contributed by atoms with Crippen LogP contribution in [-0.4, -0.2) is 46.9 Å². The number of carbonyl (C=O) groups excluding carboxylic acids is 1. The molecule has 0 unspecified atom stereocenters. The van der Waals surface area contributed by atoms with Gasteiger partial charge in [0.1, 0.15) is 6.26 Å². The Morgan fingerprint density at radius 1 is 1.18 bits per heavy atom. The molecular formula is C17H19N3O2. The summed E-state index contributed by atoms with van der Waals surface area (Å²) in [5.41, 5.74) is 1.78. The quantitative estimate of drug-likeness (QED) is 0.868. The number of rotatable bonds is 3. The van der Waals surface area contributed by atoms with Crippen LogP contribution in [0.1, 0.15) is 16.1 Å². The van der Waals surface area contributed by atoms with Gasteiger partial charge in [0, 0.05) is 38.9 Å². The van der Waals surface area contributed by atoms with Gasteiger partial charge in [-0.05, 0) is 30.0 Å². The van der Waals surface area contributed by atoms with Crippen molar-refractivity contribution in [1.29, 1.82) is 0 Å². The van der Waals surface area contributed by atoms with Crippen molar-refractivity contribution in [2.75, 3.05) is 26.2 Å². The van der Waals surface area contributed by atoms with Crippen molar-refractivity contribution in [3.63, 3.8) is 0 Å². The van der Waals surface area contributed by atoms with Crippen LogP contribution in [0.5, 0.6) is 0 Å². The Kier molecular flexibility index (Phi) is 3.42. The highest BCUT2D eigenvalue weighted by atomic mass is 16.3. The Hall–Kier alpha value is -2.14. The van der Waals surface area contributed by atoms with Gasteiger partial charge in [-0.25, -0.2) is 0 Å². The molecule has 0 saturated carbocycles. The van der Waals surface area contributed by atoms with Crippen LogP contribution in [0.4, 0.5) is 0 Å². The van der Waals surface area contributed by atoms with Crippen molar-refractivity contribution in [3.8, 4) is 0 Å². The molecule has 2 aromatic heterocycles. The summed E-state index contributed by atoms with van der Waals surface area (Å²) in [7, 11) is 0. The van der Waals surface area contributed by atoms with Crippen LogP contribution in [0.2, 0.25) is 0 Å². The number of amides is 1. The molecular weight excluding hydrogens is 278 g/mol. The van der Waals surface area contributed by atoms with E-state index in [1.54, 1.807) is 12.3 Å². The monoisotopic (exact) mass is 297 g/mol. The molecule has 2 saturated heterocycles. The first-order chi connectivity index (χ1) is 10.8. The van der Waals surface area contributed by atoms with Gasteiger partial charge in [0.15, 0.2) is 0 Å². The van der Waals surface area contributed by atoms with Crippen LogP contribution in [0.25, 0.3) is 0 Å². The molecule has 0 bridgehead atoms. The summed E-state index contributed by atoms with van der Waals surface area (Å²) in [6.07, 6.45) is 4.93. The maximum absolute atomic E-state index is 12.4. The molecule has 0 N–H and O–H groups in total. The second-order valence-corrected chi connectivity index (χ2v) is 6.26. The fourth-order valence-electron chi connectivity index (χ4n) is 3.67. The fraction of sp³-hybridized carbons (Fsp3) is 0.412. The molecule has 2 aliphatic heterocycles. The predicted molar refractivity (Wildman–Crippen MR) is 81.1 cm³/mol. The summed E-state index contributed by atoms with van der Waals surface area (Å²) < 4.78 is 5.01. The first kappa shape index (κ1) is 13.5. The topological polar surface area (TPSA) is 49.6 Å². The third-order valence-corrected chi connectivity index (χ3v) is 4.73. The van der Waals surface area contributed by atoms with Gasteiger partial charge in [-0.2, -0.15) is 0 Å². The third kappa shape index (κ3) is 2.52. The normalized spacial score (nSPS) is 24.6. The Morgan fingerprint density at radius 3 is 2.64 bits per heavy atom. The molecule has 0 radical (unpaired) electrons. The van der Waals surface area contributed by atoms with E-state index >= 15 is 0 Å². The van der Waals surface area contributed by atoms with E-state index in [9.17, 15) is 4.79 Å². The van der Waals surface area contributed by atoms with Gasteiger partial charge < -0.3 is 9.32 Å².